The summed E-state index contributed by atoms with van der Waals surface area (Å²) in [6.07, 6.45) is 1.70. The molecule has 0 spiro atoms. The summed E-state index contributed by atoms with van der Waals surface area (Å²) in [5.74, 6) is -0.752. The van der Waals surface area contributed by atoms with E-state index in [1.54, 1.807) is 9.80 Å². The van der Waals surface area contributed by atoms with Crippen LogP contribution in [0.2, 0.25) is 0 Å². The number of esters is 1. The summed E-state index contributed by atoms with van der Waals surface area (Å²) in [5.41, 5.74) is 0. The van der Waals surface area contributed by atoms with Crippen molar-refractivity contribution < 1.29 is 19.1 Å². The molecule has 6 nitrogen and oxygen atoms in total. The van der Waals surface area contributed by atoms with Crippen molar-refractivity contribution >= 4 is 17.8 Å². The smallest absolute Gasteiger partial charge is 0.328 e. The monoisotopic (exact) mass is 282 g/mol. The summed E-state index contributed by atoms with van der Waals surface area (Å²) in [5, 5.41) is 0. The highest BCUT2D eigenvalue weighted by Crippen LogP contribution is 2.26. The standard InChI is InChI=1S/C14H22N2O4/c1-9(2)16-8-10(7-12(16)17)13(18)15-6-4-5-11(15)14(19)20-3/h9-11H,4-8H2,1-3H3. The molecule has 2 aliphatic rings. The largest absolute Gasteiger partial charge is 0.467 e. The number of likely N-dealkylation sites (tertiary alicyclic amines) is 2. The summed E-state index contributed by atoms with van der Waals surface area (Å²) in [6, 6.07) is -0.369. The molecule has 0 aliphatic carbocycles. The quantitative estimate of drug-likeness (QED) is 0.703. The molecule has 2 heterocycles. The van der Waals surface area contributed by atoms with Crippen LogP contribution in [0.1, 0.15) is 33.1 Å². The molecule has 2 amide bonds. The fourth-order valence-corrected chi connectivity index (χ4v) is 3.04. The van der Waals surface area contributed by atoms with Gasteiger partial charge in [0.2, 0.25) is 11.8 Å². The molecule has 112 valence electrons. The first-order valence-corrected chi connectivity index (χ1v) is 7.13. The fourth-order valence-electron chi connectivity index (χ4n) is 3.04. The van der Waals surface area contributed by atoms with E-state index < -0.39 is 6.04 Å². The van der Waals surface area contributed by atoms with Gasteiger partial charge in [-0.25, -0.2) is 4.79 Å². The van der Waals surface area contributed by atoms with Gasteiger partial charge in [0.25, 0.3) is 0 Å². The minimum atomic E-state index is -0.476. The highest BCUT2D eigenvalue weighted by molar-refractivity contribution is 5.92. The van der Waals surface area contributed by atoms with Crippen molar-refractivity contribution in [3.05, 3.63) is 0 Å². The van der Waals surface area contributed by atoms with E-state index in [-0.39, 0.29) is 36.2 Å². The highest BCUT2D eigenvalue weighted by Gasteiger charge is 2.42. The van der Waals surface area contributed by atoms with Gasteiger partial charge in [0, 0.05) is 25.6 Å². The number of rotatable bonds is 3. The van der Waals surface area contributed by atoms with Gasteiger partial charge in [-0.3, -0.25) is 9.59 Å². The van der Waals surface area contributed by atoms with E-state index in [9.17, 15) is 14.4 Å². The van der Waals surface area contributed by atoms with Gasteiger partial charge in [-0.1, -0.05) is 0 Å². The first-order valence-electron chi connectivity index (χ1n) is 7.13. The van der Waals surface area contributed by atoms with Gasteiger partial charge < -0.3 is 14.5 Å². The first kappa shape index (κ1) is 14.8. The van der Waals surface area contributed by atoms with Crippen LogP contribution in [0.25, 0.3) is 0 Å². The van der Waals surface area contributed by atoms with Crippen LogP contribution in [-0.4, -0.2) is 59.9 Å². The van der Waals surface area contributed by atoms with Crippen molar-refractivity contribution in [2.24, 2.45) is 5.92 Å². The zero-order chi connectivity index (χ0) is 14.9. The molecule has 2 saturated heterocycles. The molecule has 20 heavy (non-hydrogen) atoms. The molecule has 2 rings (SSSR count). The lowest BCUT2D eigenvalue weighted by Crippen LogP contribution is -2.44. The van der Waals surface area contributed by atoms with E-state index in [1.165, 1.54) is 7.11 Å². The number of ether oxygens (including phenoxy) is 1. The summed E-state index contributed by atoms with van der Waals surface area (Å²) in [6.45, 7) is 4.92. The maximum Gasteiger partial charge on any atom is 0.328 e. The van der Waals surface area contributed by atoms with Crippen molar-refractivity contribution in [1.29, 1.82) is 0 Å². The number of hydrogen-bond acceptors (Lipinski definition) is 4. The normalized spacial score (nSPS) is 26.5. The molecular formula is C14H22N2O4. The molecule has 0 bridgehead atoms. The average Bonchev–Trinajstić information content (AvgIpc) is 3.03. The van der Waals surface area contributed by atoms with Gasteiger partial charge in [0.1, 0.15) is 6.04 Å². The van der Waals surface area contributed by atoms with Crippen LogP contribution < -0.4 is 0 Å². The topological polar surface area (TPSA) is 66.9 Å². The third-order valence-electron chi connectivity index (χ3n) is 4.14. The maximum absolute atomic E-state index is 12.5. The molecule has 2 aliphatic heterocycles. The average molecular weight is 282 g/mol. The van der Waals surface area contributed by atoms with E-state index in [1.807, 2.05) is 13.8 Å². The fraction of sp³-hybridized carbons (Fsp3) is 0.786. The number of methoxy groups -OCH3 is 1. The molecule has 0 aromatic carbocycles. The number of carbonyl (C=O) groups is 3. The van der Waals surface area contributed by atoms with E-state index >= 15 is 0 Å². The Morgan fingerprint density at radius 3 is 2.60 bits per heavy atom. The Morgan fingerprint density at radius 1 is 1.35 bits per heavy atom. The van der Waals surface area contributed by atoms with Gasteiger partial charge in [0.15, 0.2) is 0 Å². The van der Waals surface area contributed by atoms with E-state index in [2.05, 4.69) is 0 Å². The minimum Gasteiger partial charge on any atom is -0.467 e. The van der Waals surface area contributed by atoms with E-state index in [4.69, 9.17) is 4.74 Å². The van der Waals surface area contributed by atoms with Crippen LogP contribution in [-0.2, 0) is 19.1 Å². The summed E-state index contributed by atoms with van der Waals surface area (Å²) in [7, 11) is 1.34. The number of nitrogens with zero attached hydrogens (tertiary/aromatic N) is 2. The molecule has 0 N–H and O–H groups in total. The van der Waals surface area contributed by atoms with E-state index in [0.717, 1.165) is 6.42 Å². The Bertz CT molecular complexity index is 421. The summed E-state index contributed by atoms with van der Waals surface area (Å²) in [4.78, 5) is 39.4. The second-order valence-electron chi connectivity index (χ2n) is 5.75. The van der Waals surface area contributed by atoms with Crippen LogP contribution in [0.3, 0.4) is 0 Å². The SMILES string of the molecule is COC(=O)C1CCCN1C(=O)C1CC(=O)N(C(C)C)C1. The lowest BCUT2D eigenvalue weighted by molar-refractivity contribution is -0.152. The molecule has 0 radical (unpaired) electrons. The van der Waals surface area contributed by atoms with Crippen LogP contribution in [0.5, 0.6) is 0 Å². The third kappa shape index (κ3) is 2.64. The predicted molar refractivity (Wildman–Crippen MR) is 71.7 cm³/mol. The number of carbonyl (C=O) groups excluding carboxylic acids is 3. The van der Waals surface area contributed by atoms with E-state index in [0.29, 0.717) is 19.5 Å². The van der Waals surface area contributed by atoms with Crippen molar-refractivity contribution in [3.8, 4) is 0 Å². The lowest BCUT2D eigenvalue weighted by atomic mass is 10.1. The molecule has 0 aromatic rings. The Morgan fingerprint density at radius 2 is 2.05 bits per heavy atom. The van der Waals surface area contributed by atoms with Crippen LogP contribution in [0.15, 0.2) is 0 Å². The Labute approximate surface area is 119 Å². The molecule has 2 unspecified atom stereocenters. The van der Waals surface area contributed by atoms with Gasteiger partial charge in [-0.2, -0.15) is 0 Å². The Balaban J connectivity index is 2.05. The Kier molecular flexibility index (Phi) is 4.30. The molecule has 2 fully saturated rings. The van der Waals surface area contributed by atoms with Crippen LogP contribution in [0.4, 0.5) is 0 Å². The second-order valence-corrected chi connectivity index (χ2v) is 5.75. The third-order valence-corrected chi connectivity index (χ3v) is 4.14. The maximum atomic E-state index is 12.5. The van der Waals surface area contributed by atoms with Gasteiger partial charge in [-0.15, -0.1) is 0 Å². The predicted octanol–water partition coefficient (Wildman–Crippen LogP) is 0.407. The lowest BCUT2D eigenvalue weighted by Gasteiger charge is -2.26. The molecule has 6 heteroatoms. The zero-order valence-electron chi connectivity index (χ0n) is 12.3. The Hall–Kier alpha value is -1.59. The van der Waals surface area contributed by atoms with Gasteiger partial charge in [-0.05, 0) is 26.7 Å². The summed E-state index contributed by atoms with van der Waals surface area (Å²) < 4.78 is 4.75. The number of hydrogen-bond donors (Lipinski definition) is 0. The van der Waals surface area contributed by atoms with Crippen molar-refractivity contribution in [1.82, 2.24) is 9.80 Å². The minimum absolute atomic E-state index is 0.0205. The number of amides is 2. The van der Waals surface area contributed by atoms with Crippen LogP contribution >= 0.6 is 0 Å². The second kappa shape index (κ2) is 5.81. The molecule has 2 atom stereocenters. The van der Waals surface area contributed by atoms with Gasteiger partial charge in [0.05, 0.1) is 13.0 Å². The van der Waals surface area contributed by atoms with Crippen LogP contribution in [0, 0.1) is 5.92 Å². The zero-order valence-corrected chi connectivity index (χ0v) is 12.3. The highest BCUT2D eigenvalue weighted by atomic mass is 16.5. The van der Waals surface area contributed by atoms with Crippen molar-refractivity contribution in [2.75, 3.05) is 20.2 Å². The molecule has 0 saturated carbocycles. The van der Waals surface area contributed by atoms with Gasteiger partial charge >= 0.3 is 5.97 Å². The summed E-state index contributed by atoms with van der Waals surface area (Å²) >= 11 is 0. The first-order chi connectivity index (χ1) is 9.45. The van der Waals surface area contributed by atoms with Crippen molar-refractivity contribution in [2.45, 2.75) is 45.2 Å². The molecule has 0 aromatic heterocycles. The van der Waals surface area contributed by atoms with Crippen molar-refractivity contribution in [3.63, 3.8) is 0 Å². The molecular weight excluding hydrogens is 260 g/mol.